The van der Waals surface area contributed by atoms with Gasteiger partial charge in [0.15, 0.2) is 11.0 Å². The molecule has 0 aliphatic heterocycles. The minimum Gasteiger partial charge on any atom is -0.342 e. The van der Waals surface area contributed by atoms with Gasteiger partial charge in [-0.05, 0) is 54.8 Å². The molecule has 2 amide bonds. The standard InChI is InChI=1S/C23H24Cl2FN5O2S/c1-13(2)10-19(28-22(33)17-9-4-14(24)11-18(17)25)21-29-30-23(31(21)3)34-12-20(32)27-16-7-5-15(26)6-8-16/h4-9,11,13,19H,10,12H2,1-3H3,(H,27,32)(H,28,33)/t19-/m1/s1. The molecule has 0 aliphatic rings. The van der Waals surface area contributed by atoms with Gasteiger partial charge in [0.25, 0.3) is 5.91 Å². The molecule has 0 saturated carbocycles. The summed E-state index contributed by atoms with van der Waals surface area (Å²) in [6.07, 6.45) is 0.624. The highest BCUT2D eigenvalue weighted by molar-refractivity contribution is 7.99. The fraction of sp³-hybridized carbons (Fsp3) is 0.304. The van der Waals surface area contributed by atoms with Crippen LogP contribution >= 0.6 is 35.0 Å². The number of rotatable bonds is 9. The van der Waals surface area contributed by atoms with Crippen molar-refractivity contribution in [3.63, 3.8) is 0 Å². The van der Waals surface area contributed by atoms with Crippen molar-refractivity contribution in [3.8, 4) is 0 Å². The van der Waals surface area contributed by atoms with Gasteiger partial charge in [-0.2, -0.15) is 0 Å². The Balaban J connectivity index is 1.69. The summed E-state index contributed by atoms with van der Waals surface area (Å²) in [7, 11) is 1.78. The van der Waals surface area contributed by atoms with Crippen LogP contribution in [0.15, 0.2) is 47.6 Å². The first-order valence-corrected chi connectivity index (χ1v) is 12.2. The second-order valence-electron chi connectivity index (χ2n) is 8.02. The predicted octanol–water partition coefficient (Wildman–Crippen LogP) is 5.51. The third-order valence-electron chi connectivity index (χ3n) is 4.83. The van der Waals surface area contributed by atoms with Crippen molar-refractivity contribution in [1.82, 2.24) is 20.1 Å². The summed E-state index contributed by atoms with van der Waals surface area (Å²) < 4.78 is 14.8. The maximum Gasteiger partial charge on any atom is 0.253 e. The van der Waals surface area contributed by atoms with Crippen LogP contribution in [0, 0.1) is 11.7 Å². The molecule has 1 atom stereocenters. The lowest BCUT2D eigenvalue weighted by Gasteiger charge is -2.20. The third-order valence-corrected chi connectivity index (χ3v) is 6.40. The normalized spacial score (nSPS) is 12.0. The average Bonchev–Trinajstić information content (AvgIpc) is 3.13. The number of aromatic nitrogens is 3. The number of nitrogens with zero attached hydrogens (tertiary/aromatic N) is 3. The van der Waals surface area contributed by atoms with E-state index in [1.54, 1.807) is 23.7 Å². The van der Waals surface area contributed by atoms with Gasteiger partial charge in [-0.15, -0.1) is 10.2 Å². The van der Waals surface area contributed by atoms with Crippen molar-refractivity contribution in [2.45, 2.75) is 31.5 Å². The molecule has 3 rings (SSSR count). The van der Waals surface area contributed by atoms with E-state index in [0.717, 1.165) is 0 Å². The van der Waals surface area contributed by atoms with Crippen molar-refractivity contribution < 1.29 is 14.0 Å². The van der Waals surface area contributed by atoms with E-state index in [4.69, 9.17) is 23.2 Å². The van der Waals surface area contributed by atoms with E-state index in [1.807, 2.05) is 13.8 Å². The molecule has 1 aromatic heterocycles. The molecule has 0 fully saturated rings. The van der Waals surface area contributed by atoms with Gasteiger partial charge >= 0.3 is 0 Å². The van der Waals surface area contributed by atoms with E-state index >= 15 is 0 Å². The van der Waals surface area contributed by atoms with Crippen LogP contribution in [-0.4, -0.2) is 32.3 Å². The van der Waals surface area contributed by atoms with Gasteiger partial charge in [-0.3, -0.25) is 9.59 Å². The Bertz CT molecular complexity index is 1170. The minimum atomic E-state index is -0.417. The lowest BCUT2D eigenvalue weighted by Crippen LogP contribution is -2.31. The molecular formula is C23H24Cl2FN5O2S. The first-order valence-electron chi connectivity index (χ1n) is 10.5. The van der Waals surface area contributed by atoms with E-state index in [1.165, 1.54) is 42.1 Å². The first kappa shape index (κ1) is 26.0. The van der Waals surface area contributed by atoms with Crippen molar-refractivity contribution in [3.05, 3.63) is 69.7 Å². The summed E-state index contributed by atoms with van der Waals surface area (Å²) in [5.41, 5.74) is 0.820. The Morgan fingerprint density at radius 3 is 2.47 bits per heavy atom. The lowest BCUT2D eigenvalue weighted by molar-refractivity contribution is -0.113. The number of thioether (sulfide) groups is 1. The summed E-state index contributed by atoms with van der Waals surface area (Å²) in [5.74, 6) is -0.0618. The zero-order valence-corrected chi connectivity index (χ0v) is 21.1. The second kappa shape index (κ2) is 11.7. The fourth-order valence-electron chi connectivity index (χ4n) is 3.23. The highest BCUT2D eigenvalue weighted by Gasteiger charge is 2.24. The summed E-state index contributed by atoms with van der Waals surface area (Å²) >= 11 is 13.3. The number of nitrogens with one attached hydrogen (secondary N) is 2. The summed E-state index contributed by atoms with van der Waals surface area (Å²) in [4.78, 5) is 25.2. The summed E-state index contributed by atoms with van der Waals surface area (Å²) in [5, 5.41) is 15.4. The van der Waals surface area contributed by atoms with Gasteiger partial charge in [-0.25, -0.2) is 4.39 Å². The Hall–Kier alpha value is -2.62. The van der Waals surface area contributed by atoms with Crippen LogP contribution in [0.3, 0.4) is 0 Å². The first-order chi connectivity index (χ1) is 16.1. The van der Waals surface area contributed by atoms with Crippen LogP contribution in [0.2, 0.25) is 10.0 Å². The number of carbonyl (C=O) groups excluding carboxylic acids is 2. The molecule has 0 bridgehead atoms. The van der Waals surface area contributed by atoms with Gasteiger partial charge in [-0.1, -0.05) is 48.8 Å². The van der Waals surface area contributed by atoms with Crippen molar-refractivity contribution in [1.29, 1.82) is 0 Å². The molecule has 34 heavy (non-hydrogen) atoms. The highest BCUT2D eigenvalue weighted by Crippen LogP contribution is 2.26. The molecule has 180 valence electrons. The molecule has 11 heteroatoms. The number of hydrogen-bond donors (Lipinski definition) is 2. The minimum absolute atomic E-state index is 0.0882. The number of halogens is 3. The molecule has 0 spiro atoms. The Morgan fingerprint density at radius 2 is 1.82 bits per heavy atom. The lowest BCUT2D eigenvalue weighted by atomic mass is 10.0. The van der Waals surface area contributed by atoms with Crippen LogP contribution in [0.4, 0.5) is 10.1 Å². The molecule has 0 aliphatic carbocycles. The second-order valence-corrected chi connectivity index (χ2v) is 9.81. The smallest absolute Gasteiger partial charge is 0.253 e. The Kier molecular flexibility index (Phi) is 8.93. The monoisotopic (exact) mass is 523 g/mol. The van der Waals surface area contributed by atoms with Crippen LogP contribution in [0.1, 0.15) is 42.5 Å². The Labute approximate surface area is 211 Å². The molecule has 1 heterocycles. The van der Waals surface area contributed by atoms with Gasteiger partial charge in [0.05, 0.1) is 22.4 Å². The van der Waals surface area contributed by atoms with E-state index in [9.17, 15) is 14.0 Å². The topological polar surface area (TPSA) is 88.9 Å². The number of anilines is 1. The van der Waals surface area contributed by atoms with Crippen LogP contribution in [0.25, 0.3) is 0 Å². The summed E-state index contributed by atoms with van der Waals surface area (Å²) in [6, 6.07) is 9.81. The quantitative estimate of drug-likeness (QED) is 0.361. The number of amides is 2. The van der Waals surface area contributed by atoms with Crippen LogP contribution in [-0.2, 0) is 11.8 Å². The molecular weight excluding hydrogens is 500 g/mol. The number of hydrogen-bond acceptors (Lipinski definition) is 5. The van der Waals surface area contributed by atoms with Crippen LogP contribution in [0.5, 0.6) is 0 Å². The van der Waals surface area contributed by atoms with E-state index in [2.05, 4.69) is 20.8 Å². The molecule has 3 aromatic rings. The number of carbonyl (C=O) groups is 2. The predicted molar refractivity (Wildman–Crippen MR) is 133 cm³/mol. The highest BCUT2D eigenvalue weighted by atomic mass is 35.5. The molecule has 2 aromatic carbocycles. The van der Waals surface area contributed by atoms with E-state index in [-0.39, 0.29) is 34.3 Å². The van der Waals surface area contributed by atoms with Gasteiger partial charge < -0.3 is 15.2 Å². The molecule has 0 unspecified atom stereocenters. The van der Waals surface area contributed by atoms with E-state index in [0.29, 0.717) is 33.7 Å². The summed E-state index contributed by atoms with van der Waals surface area (Å²) in [6.45, 7) is 4.08. The molecule has 2 N–H and O–H groups in total. The largest absolute Gasteiger partial charge is 0.342 e. The number of benzene rings is 2. The Morgan fingerprint density at radius 1 is 1.12 bits per heavy atom. The zero-order chi connectivity index (χ0) is 24.8. The SMILES string of the molecule is CC(C)C[C@@H](NC(=O)c1ccc(Cl)cc1Cl)c1nnc(SCC(=O)Nc2ccc(F)cc2)n1C. The zero-order valence-electron chi connectivity index (χ0n) is 18.8. The maximum atomic E-state index is 13.0. The van der Waals surface area contributed by atoms with Crippen molar-refractivity contribution >= 4 is 52.5 Å². The van der Waals surface area contributed by atoms with Gasteiger partial charge in [0, 0.05) is 17.8 Å². The molecule has 0 radical (unpaired) electrons. The van der Waals surface area contributed by atoms with Gasteiger partial charge in [0.2, 0.25) is 5.91 Å². The molecule has 0 saturated heterocycles. The average molecular weight is 524 g/mol. The van der Waals surface area contributed by atoms with Crippen molar-refractivity contribution in [2.24, 2.45) is 13.0 Å². The van der Waals surface area contributed by atoms with E-state index < -0.39 is 6.04 Å². The third kappa shape index (κ3) is 6.94. The maximum absolute atomic E-state index is 13.0. The van der Waals surface area contributed by atoms with Crippen molar-refractivity contribution in [2.75, 3.05) is 11.1 Å². The van der Waals surface area contributed by atoms with Gasteiger partial charge in [0.1, 0.15) is 5.82 Å². The van der Waals surface area contributed by atoms with Crippen LogP contribution < -0.4 is 10.6 Å². The molecule has 7 nitrogen and oxygen atoms in total. The fourth-order valence-corrected chi connectivity index (χ4v) is 4.44.